The highest BCUT2D eigenvalue weighted by molar-refractivity contribution is 7.91. The molecule has 2 rings (SSSR count). The van der Waals surface area contributed by atoms with Gasteiger partial charge in [0, 0.05) is 13.5 Å². The quantitative estimate of drug-likeness (QED) is 0.212. The maximum atomic E-state index is 12.9. The topological polar surface area (TPSA) is 93.8 Å². The van der Waals surface area contributed by atoms with Gasteiger partial charge < -0.3 is 14.7 Å². The number of rotatable bonds is 9. The van der Waals surface area contributed by atoms with E-state index in [4.69, 9.17) is 16.8 Å². The Balaban J connectivity index is 2.00. The van der Waals surface area contributed by atoms with Gasteiger partial charge >= 0.3 is 0 Å². The van der Waals surface area contributed by atoms with Crippen LogP contribution >= 0.6 is 11.6 Å². The summed E-state index contributed by atoms with van der Waals surface area (Å²) in [5, 5.41) is 15.9. The van der Waals surface area contributed by atoms with Gasteiger partial charge in [-0.1, -0.05) is 40.1 Å². The first-order chi connectivity index (χ1) is 13.2. The maximum Gasteiger partial charge on any atom is 0.256 e. The Kier molecular flexibility index (Phi) is 7.62. The van der Waals surface area contributed by atoms with Crippen molar-refractivity contribution in [2.24, 2.45) is 11.1 Å². The number of hydrogen-bond donors (Lipinski definition) is 1. The van der Waals surface area contributed by atoms with Crippen LogP contribution in [0.2, 0.25) is 5.15 Å². The monoisotopic (exact) mass is 434 g/mol. The fourth-order valence-corrected chi connectivity index (χ4v) is 4.03. The third-order valence-electron chi connectivity index (χ3n) is 4.19. The Bertz CT molecular complexity index is 797. The molecule has 154 valence electrons. The third-order valence-corrected chi connectivity index (χ3v) is 5.89. The molecule has 2 unspecified atom stereocenters. The summed E-state index contributed by atoms with van der Waals surface area (Å²) in [5.74, 6) is -4.02. The van der Waals surface area contributed by atoms with Crippen LogP contribution in [0.1, 0.15) is 19.8 Å². The van der Waals surface area contributed by atoms with Gasteiger partial charge in [0.1, 0.15) is 17.2 Å². The highest BCUT2D eigenvalue weighted by atomic mass is 35.5. The van der Waals surface area contributed by atoms with E-state index in [1.54, 1.807) is 18.2 Å². The summed E-state index contributed by atoms with van der Waals surface area (Å²) < 4.78 is 39.0. The summed E-state index contributed by atoms with van der Waals surface area (Å²) in [7, 11) is 1.49. The molecule has 0 saturated heterocycles. The molecule has 2 atom stereocenters. The molecule has 1 N–H and O–H groups in total. The third kappa shape index (κ3) is 5.79. The highest BCUT2D eigenvalue weighted by Crippen LogP contribution is 2.49. The number of carbonyl (C=O) groups excluding carboxylic acids is 1. The van der Waals surface area contributed by atoms with Crippen molar-refractivity contribution in [2.75, 3.05) is 23.5 Å². The van der Waals surface area contributed by atoms with Crippen LogP contribution in [0, 0.1) is 5.92 Å². The summed E-state index contributed by atoms with van der Waals surface area (Å²) in [6.45, 7) is 1.81. The fourth-order valence-electron chi connectivity index (χ4n) is 2.39. The van der Waals surface area contributed by atoms with Crippen molar-refractivity contribution in [3.63, 3.8) is 0 Å². The van der Waals surface area contributed by atoms with Gasteiger partial charge in [-0.05, 0) is 13.0 Å². The van der Waals surface area contributed by atoms with Gasteiger partial charge in [0.05, 0.1) is 30.4 Å². The van der Waals surface area contributed by atoms with Crippen molar-refractivity contribution in [3.8, 4) is 0 Å². The summed E-state index contributed by atoms with van der Waals surface area (Å²) in [5.41, 5.74) is 0.713. The smallest absolute Gasteiger partial charge is 0.256 e. The van der Waals surface area contributed by atoms with Crippen molar-refractivity contribution >= 4 is 46.3 Å². The van der Waals surface area contributed by atoms with E-state index < -0.39 is 23.0 Å². The molecule has 0 aliphatic heterocycles. The first-order valence-corrected chi connectivity index (χ1v) is 10.3. The first-order valence-electron chi connectivity index (χ1n) is 8.45. The molecule has 1 aliphatic rings. The molecule has 1 aliphatic carbocycles. The van der Waals surface area contributed by atoms with Crippen molar-refractivity contribution in [2.45, 2.75) is 25.7 Å². The number of amides is 1. The van der Waals surface area contributed by atoms with E-state index >= 15 is 0 Å². The average molecular weight is 435 g/mol. The lowest BCUT2D eigenvalue weighted by Crippen LogP contribution is -2.29. The number of halogens is 3. The van der Waals surface area contributed by atoms with Crippen molar-refractivity contribution in [1.82, 2.24) is 9.78 Å². The van der Waals surface area contributed by atoms with Gasteiger partial charge in [0.25, 0.3) is 5.92 Å². The summed E-state index contributed by atoms with van der Waals surface area (Å²) in [4.78, 5) is 13.6. The molecular weight excluding hydrogens is 414 g/mol. The standard InChI is InChI=1S/C17H21ClF2N4O3S/c1-3-4-5-13(9-21-26)24-10-14(16(18)22-24)23(2)15(25)6-7-28(27)11-12-8-17(12,19)20/h3-5,9-10,12,26H,6-8,11H2,1-2H3/b4-3-,13-5+,21-9+. The van der Waals surface area contributed by atoms with Crippen LogP contribution < -0.4 is 4.90 Å². The summed E-state index contributed by atoms with van der Waals surface area (Å²) in [6.07, 6.45) is 7.45. The molecule has 1 amide bonds. The molecular formula is C17H21ClF2N4O3S. The predicted molar refractivity (Wildman–Crippen MR) is 106 cm³/mol. The van der Waals surface area contributed by atoms with Crippen molar-refractivity contribution in [1.29, 1.82) is 0 Å². The lowest BCUT2D eigenvalue weighted by atomic mass is 10.3. The molecule has 0 radical (unpaired) electrons. The maximum absolute atomic E-state index is 12.9. The van der Waals surface area contributed by atoms with E-state index in [0.29, 0.717) is 11.4 Å². The van der Waals surface area contributed by atoms with Gasteiger partial charge in [-0.2, -0.15) is 5.10 Å². The number of oxime groups is 1. The van der Waals surface area contributed by atoms with Gasteiger partial charge in [-0.25, -0.2) is 13.5 Å². The molecule has 11 heteroatoms. The van der Waals surface area contributed by atoms with Gasteiger partial charge in [-0.15, -0.1) is 0 Å². The number of hydrogen-bond acceptors (Lipinski definition) is 5. The molecule has 1 saturated carbocycles. The predicted octanol–water partition coefficient (Wildman–Crippen LogP) is 3.17. The molecule has 7 nitrogen and oxygen atoms in total. The Labute approximate surface area is 169 Å². The number of alkyl halides is 2. The van der Waals surface area contributed by atoms with E-state index in [9.17, 15) is 18.1 Å². The van der Waals surface area contributed by atoms with E-state index in [-0.39, 0.29) is 35.4 Å². The minimum atomic E-state index is -2.71. The van der Waals surface area contributed by atoms with Gasteiger partial charge in [0.2, 0.25) is 5.91 Å². The Hall–Kier alpha value is -1.91. The van der Waals surface area contributed by atoms with Crippen LogP contribution in [0.3, 0.4) is 0 Å². The number of carbonyl (C=O) groups is 1. The molecule has 1 aromatic rings. The lowest BCUT2D eigenvalue weighted by Gasteiger charge is -2.16. The molecule has 1 heterocycles. The molecule has 28 heavy (non-hydrogen) atoms. The lowest BCUT2D eigenvalue weighted by molar-refractivity contribution is -0.117. The minimum Gasteiger partial charge on any atom is -0.616 e. The van der Waals surface area contributed by atoms with Crippen LogP contribution in [0.15, 0.2) is 29.6 Å². The Morgan fingerprint density at radius 3 is 2.89 bits per heavy atom. The Morgan fingerprint density at radius 2 is 2.32 bits per heavy atom. The van der Waals surface area contributed by atoms with Crippen molar-refractivity contribution in [3.05, 3.63) is 29.6 Å². The average Bonchev–Trinajstić information content (AvgIpc) is 3.05. The zero-order chi connectivity index (χ0) is 20.9. The van der Waals surface area contributed by atoms with E-state index in [1.807, 2.05) is 6.92 Å². The number of anilines is 1. The molecule has 0 spiro atoms. The summed E-state index contributed by atoms with van der Waals surface area (Å²) >= 11 is 4.63. The highest BCUT2D eigenvalue weighted by Gasteiger charge is 2.58. The SMILES string of the molecule is C\C=C/C=C(\C=N\O)n1cc(N(C)C(=O)CC[S+]([O-])CC2CC2(F)F)c(Cl)n1. The van der Waals surface area contributed by atoms with Crippen LogP contribution in [0.25, 0.3) is 5.70 Å². The van der Waals surface area contributed by atoms with Crippen LogP contribution in [0.4, 0.5) is 14.5 Å². The number of nitrogens with zero attached hydrogens (tertiary/aromatic N) is 4. The summed E-state index contributed by atoms with van der Waals surface area (Å²) in [6, 6.07) is 0. The Morgan fingerprint density at radius 1 is 1.64 bits per heavy atom. The molecule has 0 aromatic carbocycles. The second-order valence-electron chi connectivity index (χ2n) is 6.29. The zero-order valence-electron chi connectivity index (χ0n) is 15.4. The van der Waals surface area contributed by atoms with E-state index in [0.717, 1.165) is 6.21 Å². The molecule has 1 fully saturated rings. The zero-order valence-corrected chi connectivity index (χ0v) is 17.0. The largest absolute Gasteiger partial charge is 0.616 e. The first kappa shape index (κ1) is 22.4. The second kappa shape index (κ2) is 9.53. The van der Waals surface area contributed by atoms with Gasteiger partial charge in [0.15, 0.2) is 5.15 Å². The fraction of sp³-hybridized carbons (Fsp3) is 0.471. The van der Waals surface area contributed by atoms with Gasteiger partial charge in [-0.3, -0.25) is 4.79 Å². The van der Waals surface area contributed by atoms with Crippen LogP contribution in [-0.4, -0.2) is 56.1 Å². The van der Waals surface area contributed by atoms with E-state index in [2.05, 4.69) is 10.3 Å². The van der Waals surface area contributed by atoms with Crippen LogP contribution in [0.5, 0.6) is 0 Å². The van der Waals surface area contributed by atoms with E-state index in [1.165, 1.54) is 22.8 Å². The molecule has 0 bridgehead atoms. The minimum absolute atomic E-state index is 0.00509. The number of aromatic nitrogens is 2. The second-order valence-corrected chi connectivity index (χ2v) is 8.27. The number of allylic oxidation sites excluding steroid dienone is 4. The van der Waals surface area contributed by atoms with Crippen molar-refractivity contribution < 1.29 is 23.3 Å². The molecule has 1 aromatic heterocycles. The normalized spacial score (nSPS) is 20.1. The van der Waals surface area contributed by atoms with Crippen LogP contribution in [-0.2, 0) is 16.0 Å².